The number of para-hydroxylation sites is 2. The molecule has 2 aromatic carbocycles. The maximum Gasteiger partial charge on any atom is 0.254 e. The predicted octanol–water partition coefficient (Wildman–Crippen LogP) is 3.31. The number of H-pyrrole nitrogens is 1. The van der Waals surface area contributed by atoms with Gasteiger partial charge >= 0.3 is 0 Å². The second-order valence-corrected chi connectivity index (χ2v) is 6.80. The molecule has 0 spiro atoms. The van der Waals surface area contributed by atoms with Gasteiger partial charge in [-0.1, -0.05) is 12.1 Å². The van der Waals surface area contributed by atoms with E-state index in [4.69, 9.17) is 14.5 Å². The summed E-state index contributed by atoms with van der Waals surface area (Å²) in [6.07, 6.45) is 2.00. The molecule has 1 fully saturated rings. The fraction of sp³-hybridized carbons (Fsp3) is 0.300. The Balaban J connectivity index is 1.37. The van der Waals surface area contributed by atoms with Crippen LogP contribution in [-0.2, 0) is 0 Å². The van der Waals surface area contributed by atoms with E-state index in [0.717, 1.165) is 36.2 Å². The monoisotopic (exact) mass is 349 g/mol. The van der Waals surface area contributed by atoms with Crippen LogP contribution < -0.4 is 9.47 Å². The molecule has 0 radical (unpaired) electrons. The Morgan fingerprint density at radius 3 is 2.96 bits per heavy atom. The van der Waals surface area contributed by atoms with E-state index in [9.17, 15) is 4.79 Å². The Morgan fingerprint density at radius 1 is 1.15 bits per heavy atom. The van der Waals surface area contributed by atoms with Crippen LogP contribution in [0, 0.1) is 0 Å². The number of aromatic amines is 1. The molecule has 1 amide bonds. The second kappa shape index (κ2) is 6.05. The molecule has 0 saturated carbocycles. The molecule has 6 nitrogen and oxygen atoms in total. The van der Waals surface area contributed by atoms with Gasteiger partial charge in [-0.3, -0.25) is 4.79 Å². The first-order chi connectivity index (χ1) is 12.8. The van der Waals surface area contributed by atoms with Crippen LogP contribution in [0.15, 0.2) is 42.5 Å². The summed E-state index contributed by atoms with van der Waals surface area (Å²) in [5.74, 6) is 2.56. The molecule has 132 valence electrons. The van der Waals surface area contributed by atoms with Gasteiger partial charge in [0.15, 0.2) is 11.5 Å². The second-order valence-electron chi connectivity index (χ2n) is 6.80. The Labute approximate surface area is 150 Å². The first kappa shape index (κ1) is 15.3. The summed E-state index contributed by atoms with van der Waals surface area (Å²) in [5.41, 5.74) is 2.66. The van der Waals surface area contributed by atoms with E-state index in [0.29, 0.717) is 23.6 Å². The molecule has 1 saturated heterocycles. The smallest absolute Gasteiger partial charge is 0.254 e. The Hall–Kier alpha value is -3.02. The van der Waals surface area contributed by atoms with E-state index in [1.165, 1.54) is 0 Å². The van der Waals surface area contributed by atoms with Gasteiger partial charge in [-0.2, -0.15) is 0 Å². The average Bonchev–Trinajstić information content (AvgIpc) is 3.33. The van der Waals surface area contributed by atoms with Crippen LogP contribution in [0.5, 0.6) is 11.5 Å². The van der Waals surface area contributed by atoms with Crippen LogP contribution >= 0.6 is 0 Å². The first-order valence-corrected chi connectivity index (χ1v) is 8.91. The topological polar surface area (TPSA) is 67.5 Å². The highest BCUT2D eigenvalue weighted by Crippen LogP contribution is 2.34. The standard InChI is InChI=1S/C20H19N3O3/c24-20(13-7-8-17-18(10-13)26-12-25-17)23-9-3-4-14(11-23)19-21-15-5-1-2-6-16(15)22-19/h1-2,5-8,10,14H,3-4,9,11-12H2,(H,21,22). The molecule has 1 unspecified atom stereocenters. The van der Waals surface area contributed by atoms with Crippen molar-refractivity contribution < 1.29 is 14.3 Å². The summed E-state index contributed by atoms with van der Waals surface area (Å²) in [6, 6.07) is 13.4. The number of ether oxygens (including phenoxy) is 2. The highest BCUT2D eigenvalue weighted by molar-refractivity contribution is 5.95. The van der Waals surface area contributed by atoms with E-state index >= 15 is 0 Å². The van der Waals surface area contributed by atoms with Gasteiger partial charge in [0.05, 0.1) is 11.0 Å². The van der Waals surface area contributed by atoms with Gasteiger partial charge in [0.2, 0.25) is 6.79 Å². The van der Waals surface area contributed by atoms with Gasteiger partial charge in [-0.25, -0.2) is 4.98 Å². The summed E-state index contributed by atoms with van der Waals surface area (Å²) in [6.45, 7) is 1.65. The van der Waals surface area contributed by atoms with Crippen molar-refractivity contribution >= 4 is 16.9 Å². The van der Waals surface area contributed by atoms with E-state index in [1.807, 2.05) is 29.2 Å². The lowest BCUT2D eigenvalue weighted by molar-refractivity contribution is 0.0704. The number of imidazole rings is 1. The number of fused-ring (bicyclic) bond motifs is 2. The quantitative estimate of drug-likeness (QED) is 0.771. The number of piperidine rings is 1. The third-order valence-electron chi connectivity index (χ3n) is 5.12. The van der Waals surface area contributed by atoms with Crippen LogP contribution in [0.3, 0.4) is 0 Å². The molecule has 1 N–H and O–H groups in total. The molecule has 0 bridgehead atoms. The van der Waals surface area contributed by atoms with Crippen LogP contribution in [0.1, 0.15) is 34.9 Å². The number of amides is 1. The molecule has 6 heteroatoms. The minimum Gasteiger partial charge on any atom is -0.454 e. The van der Waals surface area contributed by atoms with Crippen molar-refractivity contribution in [2.24, 2.45) is 0 Å². The number of carbonyl (C=O) groups excluding carboxylic acids is 1. The van der Waals surface area contributed by atoms with Gasteiger partial charge in [-0.05, 0) is 43.2 Å². The van der Waals surface area contributed by atoms with E-state index < -0.39 is 0 Å². The Bertz CT molecular complexity index is 948. The van der Waals surface area contributed by atoms with Crippen molar-refractivity contribution in [1.29, 1.82) is 0 Å². The van der Waals surface area contributed by atoms with E-state index in [-0.39, 0.29) is 18.6 Å². The molecule has 1 aromatic heterocycles. The predicted molar refractivity (Wildman–Crippen MR) is 96.5 cm³/mol. The van der Waals surface area contributed by atoms with E-state index in [2.05, 4.69) is 4.98 Å². The van der Waals surface area contributed by atoms with Crippen molar-refractivity contribution in [3.63, 3.8) is 0 Å². The zero-order valence-corrected chi connectivity index (χ0v) is 14.3. The highest BCUT2D eigenvalue weighted by atomic mass is 16.7. The maximum absolute atomic E-state index is 12.9. The van der Waals surface area contributed by atoms with Crippen molar-refractivity contribution in [1.82, 2.24) is 14.9 Å². The number of nitrogens with one attached hydrogen (secondary N) is 1. The number of aromatic nitrogens is 2. The number of likely N-dealkylation sites (tertiary alicyclic amines) is 1. The zero-order valence-electron chi connectivity index (χ0n) is 14.3. The molecule has 26 heavy (non-hydrogen) atoms. The molecule has 5 rings (SSSR count). The lowest BCUT2D eigenvalue weighted by atomic mass is 9.96. The third kappa shape index (κ3) is 2.58. The number of carbonyl (C=O) groups is 1. The van der Waals surface area contributed by atoms with Gasteiger partial charge < -0.3 is 19.4 Å². The number of nitrogens with zero attached hydrogens (tertiary/aromatic N) is 2. The zero-order chi connectivity index (χ0) is 17.5. The van der Waals surface area contributed by atoms with Crippen molar-refractivity contribution in [2.45, 2.75) is 18.8 Å². The summed E-state index contributed by atoms with van der Waals surface area (Å²) >= 11 is 0. The first-order valence-electron chi connectivity index (χ1n) is 8.91. The summed E-state index contributed by atoms with van der Waals surface area (Å²) in [4.78, 5) is 23.0. The molecule has 3 aromatic rings. The molecule has 1 atom stereocenters. The summed E-state index contributed by atoms with van der Waals surface area (Å²) < 4.78 is 10.7. The number of hydrogen-bond acceptors (Lipinski definition) is 4. The minimum atomic E-state index is 0.0316. The fourth-order valence-electron chi connectivity index (χ4n) is 3.76. The van der Waals surface area contributed by atoms with Gasteiger partial charge in [0.1, 0.15) is 5.82 Å². The van der Waals surface area contributed by atoms with Crippen molar-refractivity contribution in [3.8, 4) is 11.5 Å². The fourth-order valence-corrected chi connectivity index (χ4v) is 3.76. The van der Waals surface area contributed by atoms with Crippen LogP contribution in [0.4, 0.5) is 0 Å². The molecular weight excluding hydrogens is 330 g/mol. The van der Waals surface area contributed by atoms with Gasteiger partial charge in [-0.15, -0.1) is 0 Å². The number of benzene rings is 2. The number of rotatable bonds is 2. The number of hydrogen-bond donors (Lipinski definition) is 1. The lowest BCUT2D eigenvalue weighted by Crippen LogP contribution is -2.39. The average molecular weight is 349 g/mol. The van der Waals surface area contributed by atoms with Crippen molar-refractivity contribution in [3.05, 3.63) is 53.9 Å². The summed E-state index contributed by atoms with van der Waals surface area (Å²) in [7, 11) is 0. The molecule has 0 aliphatic carbocycles. The molecule has 3 heterocycles. The highest BCUT2D eigenvalue weighted by Gasteiger charge is 2.28. The third-order valence-corrected chi connectivity index (χ3v) is 5.12. The van der Waals surface area contributed by atoms with Crippen LogP contribution in [0.25, 0.3) is 11.0 Å². The van der Waals surface area contributed by atoms with Gasteiger partial charge in [0, 0.05) is 24.6 Å². The SMILES string of the molecule is O=C(c1ccc2c(c1)OCO2)N1CCCC(c2nc3ccccc3[nH]2)C1. The molecular formula is C20H19N3O3. The summed E-state index contributed by atoms with van der Waals surface area (Å²) in [5, 5.41) is 0. The molecule has 2 aliphatic rings. The van der Waals surface area contributed by atoms with Crippen molar-refractivity contribution in [2.75, 3.05) is 19.9 Å². The van der Waals surface area contributed by atoms with E-state index in [1.54, 1.807) is 18.2 Å². The molecule has 2 aliphatic heterocycles. The lowest BCUT2D eigenvalue weighted by Gasteiger charge is -2.32. The van der Waals surface area contributed by atoms with Crippen LogP contribution in [-0.4, -0.2) is 40.7 Å². The maximum atomic E-state index is 12.9. The normalized spacial score (nSPS) is 19.1. The minimum absolute atomic E-state index is 0.0316. The Kier molecular flexibility index (Phi) is 3.55. The van der Waals surface area contributed by atoms with Gasteiger partial charge in [0.25, 0.3) is 5.91 Å². The van der Waals surface area contributed by atoms with Crippen LogP contribution in [0.2, 0.25) is 0 Å². The Morgan fingerprint density at radius 2 is 2.04 bits per heavy atom. The largest absolute Gasteiger partial charge is 0.454 e.